The van der Waals surface area contributed by atoms with E-state index in [1.807, 2.05) is 0 Å². The molecule has 28 heavy (non-hydrogen) atoms. The summed E-state index contributed by atoms with van der Waals surface area (Å²) >= 11 is 0. The molecule has 9 nitrogen and oxygen atoms in total. The number of rotatable bonds is 5. The highest BCUT2D eigenvalue weighted by atomic mass is 16.4. The van der Waals surface area contributed by atoms with Gasteiger partial charge in [0, 0.05) is 17.2 Å². The van der Waals surface area contributed by atoms with Gasteiger partial charge in [0.05, 0.1) is 11.6 Å². The molecular weight excluding hydrogens is 362 g/mol. The normalized spacial score (nSPS) is 19.0. The fraction of sp³-hybridized carbons (Fsp3) is 0.316. The maximum absolute atomic E-state index is 12.6. The van der Waals surface area contributed by atoms with Crippen LogP contribution in [-0.4, -0.2) is 39.1 Å². The van der Waals surface area contributed by atoms with Crippen molar-refractivity contribution >= 4 is 17.7 Å². The summed E-state index contributed by atoms with van der Waals surface area (Å²) in [7, 11) is 0. The van der Waals surface area contributed by atoms with Crippen molar-refractivity contribution in [3.8, 4) is 11.3 Å². The predicted octanol–water partition coefficient (Wildman–Crippen LogP) is 1.09. The van der Waals surface area contributed by atoms with Crippen LogP contribution in [0.25, 0.3) is 11.3 Å². The number of amidine groups is 1. The number of nitrogens with zero attached hydrogens (tertiary/aromatic N) is 1. The largest absolute Gasteiger partial charge is 0.481 e. The molecule has 1 fully saturated rings. The predicted molar refractivity (Wildman–Crippen MR) is 102 cm³/mol. The van der Waals surface area contributed by atoms with Crippen LogP contribution < -0.4 is 16.6 Å². The molecular formula is C19H21N5O4. The first-order valence-corrected chi connectivity index (χ1v) is 8.93. The standard InChI is InChI=1S/C19H21N5O4/c20-16(21)11-3-1-10(2-4-11)15-9-14(18(26)24-23-15)17(25)22-13-7-5-12(6-8-13)19(27)28/h1-4,9,12-13H,5-8H2,(H3,20,21)(H,22,25)(H,24,26)(H,27,28)/t12-,13-. The van der Waals surface area contributed by atoms with E-state index in [4.69, 9.17) is 16.2 Å². The molecule has 1 aliphatic rings. The summed E-state index contributed by atoms with van der Waals surface area (Å²) < 4.78 is 0. The zero-order valence-electron chi connectivity index (χ0n) is 15.1. The molecule has 6 N–H and O–H groups in total. The van der Waals surface area contributed by atoms with Crippen LogP contribution in [0.4, 0.5) is 0 Å². The van der Waals surface area contributed by atoms with Crippen LogP contribution in [-0.2, 0) is 4.79 Å². The van der Waals surface area contributed by atoms with Crippen LogP contribution in [0, 0.1) is 11.3 Å². The Morgan fingerprint density at radius 2 is 1.82 bits per heavy atom. The van der Waals surface area contributed by atoms with E-state index >= 15 is 0 Å². The Kier molecular flexibility index (Phi) is 5.53. The number of aromatic amines is 1. The Balaban J connectivity index is 1.74. The van der Waals surface area contributed by atoms with E-state index in [1.54, 1.807) is 24.3 Å². The number of carboxylic acid groups (broad SMARTS) is 1. The number of carbonyl (C=O) groups excluding carboxylic acids is 1. The van der Waals surface area contributed by atoms with Crippen molar-refractivity contribution < 1.29 is 14.7 Å². The Hall–Kier alpha value is -3.49. The molecule has 0 unspecified atom stereocenters. The molecule has 9 heteroatoms. The Bertz CT molecular complexity index is 959. The lowest BCUT2D eigenvalue weighted by Crippen LogP contribution is -2.40. The second-order valence-electron chi connectivity index (χ2n) is 6.85. The molecule has 0 aliphatic heterocycles. The molecule has 1 aromatic heterocycles. The number of H-pyrrole nitrogens is 1. The Morgan fingerprint density at radius 3 is 2.39 bits per heavy atom. The molecule has 2 aromatic rings. The van der Waals surface area contributed by atoms with Gasteiger partial charge < -0.3 is 16.2 Å². The van der Waals surface area contributed by atoms with Crippen molar-refractivity contribution in [1.29, 1.82) is 5.41 Å². The minimum Gasteiger partial charge on any atom is -0.481 e. The van der Waals surface area contributed by atoms with Gasteiger partial charge >= 0.3 is 5.97 Å². The smallest absolute Gasteiger partial charge is 0.306 e. The third-order valence-corrected chi connectivity index (χ3v) is 4.95. The van der Waals surface area contributed by atoms with Crippen molar-refractivity contribution in [2.24, 2.45) is 11.7 Å². The topological polar surface area (TPSA) is 162 Å². The van der Waals surface area contributed by atoms with Crippen LogP contribution >= 0.6 is 0 Å². The highest BCUT2D eigenvalue weighted by molar-refractivity contribution is 5.96. The fourth-order valence-corrected chi connectivity index (χ4v) is 3.29. The Morgan fingerprint density at radius 1 is 1.18 bits per heavy atom. The molecule has 0 spiro atoms. The lowest BCUT2D eigenvalue weighted by molar-refractivity contribution is -0.142. The SMILES string of the molecule is N=C(N)c1ccc(-c2cc(C(=O)N[C@H]3CC[C@H](C(=O)O)CC3)c(=O)[nH]n2)cc1. The van der Waals surface area contributed by atoms with Gasteiger partial charge in [-0.15, -0.1) is 0 Å². The minimum absolute atomic E-state index is 0.0546. The monoisotopic (exact) mass is 383 g/mol. The number of nitrogens with one attached hydrogen (secondary N) is 3. The first-order valence-electron chi connectivity index (χ1n) is 8.93. The van der Waals surface area contributed by atoms with Gasteiger partial charge in [-0.05, 0) is 31.7 Å². The summed E-state index contributed by atoms with van der Waals surface area (Å²) in [6, 6.07) is 7.98. The molecule has 1 amide bonds. The molecule has 1 heterocycles. The number of nitrogens with two attached hydrogens (primary N) is 1. The average Bonchev–Trinajstić information content (AvgIpc) is 2.68. The first-order chi connectivity index (χ1) is 13.3. The quantitative estimate of drug-likeness (QED) is 0.383. The maximum atomic E-state index is 12.6. The Labute approximate surface area is 160 Å². The second-order valence-corrected chi connectivity index (χ2v) is 6.85. The zero-order chi connectivity index (χ0) is 20.3. The number of hydrogen-bond donors (Lipinski definition) is 5. The van der Waals surface area contributed by atoms with Gasteiger partial charge in [-0.3, -0.25) is 19.8 Å². The van der Waals surface area contributed by atoms with Crippen molar-refractivity contribution in [3.05, 3.63) is 51.8 Å². The molecule has 1 aromatic carbocycles. The number of hydrogen-bond acceptors (Lipinski definition) is 5. The summed E-state index contributed by atoms with van der Waals surface area (Å²) in [6.07, 6.45) is 2.12. The molecule has 146 valence electrons. The van der Waals surface area contributed by atoms with Gasteiger partial charge in [0.2, 0.25) is 0 Å². The van der Waals surface area contributed by atoms with Gasteiger partial charge in [-0.25, -0.2) is 5.10 Å². The number of nitrogen functional groups attached to an aromatic ring is 1. The maximum Gasteiger partial charge on any atom is 0.306 e. The molecule has 1 aliphatic carbocycles. The summed E-state index contributed by atoms with van der Waals surface area (Å²) in [6.45, 7) is 0. The van der Waals surface area contributed by atoms with Gasteiger partial charge in [-0.1, -0.05) is 24.3 Å². The number of benzene rings is 1. The lowest BCUT2D eigenvalue weighted by Gasteiger charge is -2.26. The van der Waals surface area contributed by atoms with Crippen LogP contribution in [0.1, 0.15) is 41.6 Å². The van der Waals surface area contributed by atoms with E-state index in [1.165, 1.54) is 6.07 Å². The summed E-state index contributed by atoms with van der Waals surface area (Å²) in [4.78, 5) is 35.6. The number of amides is 1. The van der Waals surface area contributed by atoms with E-state index in [0.29, 0.717) is 42.5 Å². The molecule has 3 rings (SSSR count). The third-order valence-electron chi connectivity index (χ3n) is 4.95. The average molecular weight is 383 g/mol. The molecule has 1 saturated carbocycles. The fourth-order valence-electron chi connectivity index (χ4n) is 3.29. The van der Waals surface area contributed by atoms with E-state index in [0.717, 1.165) is 0 Å². The van der Waals surface area contributed by atoms with Crippen molar-refractivity contribution in [1.82, 2.24) is 15.5 Å². The van der Waals surface area contributed by atoms with E-state index in [9.17, 15) is 14.4 Å². The van der Waals surface area contributed by atoms with Crippen LogP contribution in [0.3, 0.4) is 0 Å². The van der Waals surface area contributed by atoms with Crippen molar-refractivity contribution in [3.63, 3.8) is 0 Å². The highest BCUT2D eigenvalue weighted by Crippen LogP contribution is 2.24. The number of aromatic nitrogens is 2. The van der Waals surface area contributed by atoms with E-state index in [-0.39, 0.29) is 23.4 Å². The van der Waals surface area contributed by atoms with Gasteiger partial charge in [0.25, 0.3) is 11.5 Å². The lowest BCUT2D eigenvalue weighted by atomic mass is 9.86. The van der Waals surface area contributed by atoms with Gasteiger partial charge in [-0.2, -0.15) is 5.10 Å². The number of aliphatic carboxylic acids is 1. The van der Waals surface area contributed by atoms with Crippen molar-refractivity contribution in [2.75, 3.05) is 0 Å². The van der Waals surface area contributed by atoms with Crippen LogP contribution in [0.15, 0.2) is 35.1 Å². The highest BCUT2D eigenvalue weighted by Gasteiger charge is 2.27. The molecule has 0 bridgehead atoms. The van der Waals surface area contributed by atoms with Crippen molar-refractivity contribution in [2.45, 2.75) is 31.7 Å². The molecule has 0 radical (unpaired) electrons. The summed E-state index contributed by atoms with van der Waals surface area (Å²) in [5.41, 5.74) is 6.42. The first kappa shape index (κ1) is 19.3. The summed E-state index contributed by atoms with van der Waals surface area (Å²) in [5, 5.41) is 25.6. The zero-order valence-corrected chi connectivity index (χ0v) is 15.1. The van der Waals surface area contributed by atoms with Gasteiger partial charge in [0.15, 0.2) is 0 Å². The number of carboxylic acids is 1. The second kappa shape index (κ2) is 8.03. The van der Waals surface area contributed by atoms with E-state index in [2.05, 4.69) is 15.5 Å². The minimum atomic E-state index is -0.809. The van der Waals surface area contributed by atoms with Crippen LogP contribution in [0.2, 0.25) is 0 Å². The number of carbonyl (C=O) groups is 2. The third kappa shape index (κ3) is 4.25. The molecule has 0 saturated heterocycles. The molecule has 0 atom stereocenters. The van der Waals surface area contributed by atoms with Gasteiger partial charge in [0.1, 0.15) is 11.4 Å². The van der Waals surface area contributed by atoms with E-state index < -0.39 is 17.4 Å². The summed E-state index contributed by atoms with van der Waals surface area (Å²) in [5.74, 6) is -1.75. The van der Waals surface area contributed by atoms with Crippen LogP contribution in [0.5, 0.6) is 0 Å².